The number of carbonyl (C=O) groups excluding carboxylic acids is 3. The van der Waals surface area contributed by atoms with E-state index in [4.69, 9.17) is 4.74 Å². The lowest BCUT2D eigenvalue weighted by molar-refractivity contribution is -0.142. The first-order valence-electron chi connectivity index (χ1n) is 13.3. The minimum absolute atomic E-state index is 0.104. The largest absolute Gasteiger partial charge is 0.508 e. The van der Waals surface area contributed by atoms with Gasteiger partial charge in [0.2, 0.25) is 11.8 Å². The van der Waals surface area contributed by atoms with Gasteiger partial charge in [0, 0.05) is 19.0 Å². The Morgan fingerprint density at radius 3 is 2.13 bits per heavy atom. The summed E-state index contributed by atoms with van der Waals surface area (Å²) in [7, 11) is 0. The normalized spacial score (nSPS) is 12.9. The summed E-state index contributed by atoms with van der Waals surface area (Å²) in [5.41, 5.74) is 0.686. The van der Waals surface area contributed by atoms with Gasteiger partial charge in [0.25, 0.3) is 0 Å². The maximum absolute atomic E-state index is 14.2. The maximum Gasteiger partial charge on any atom is 0.408 e. The van der Waals surface area contributed by atoms with Gasteiger partial charge in [-0.05, 0) is 64.3 Å². The van der Waals surface area contributed by atoms with Crippen molar-refractivity contribution in [3.8, 4) is 5.75 Å². The fraction of sp³-hybridized carbons (Fsp3) is 0.500. The molecule has 2 aromatic rings. The lowest BCUT2D eigenvalue weighted by Crippen LogP contribution is -2.54. The van der Waals surface area contributed by atoms with Crippen molar-refractivity contribution in [2.75, 3.05) is 6.54 Å². The summed E-state index contributed by atoms with van der Waals surface area (Å²) in [6, 6.07) is 13.7. The second kappa shape index (κ2) is 14.4. The Balaban J connectivity index is 2.51. The van der Waals surface area contributed by atoms with Crippen LogP contribution in [0.4, 0.5) is 4.79 Å². The highest BCUT2D eigenvalue weighted by molar-refractivity contribution is 5.92. The highest BCUT2D eigenvalue weighted by Crippen LogP contribution is 2.24. The van der Waals surface area contributed by atoms with Gasteiger partial charge in [-0.2, -0.15) is 0 Å². The van der Waals surface area contributed by atoms with Crippen molar-refractivity contribution in [2.45, 2.75) is 91.0 Å². The molecule has 38 heavy (non-hydrogen) atoms. The molecule has 0 aliphatic rings. The van der Waals surface area contributed by atoms with Gasteiger partial charge in [0.15, 0.2) is 0 Å². The molecule has 0 fully saturated rings. The van der Waals surface area contributed by atoms with Gasteiger partial charge in [0.1, 0.15) is 23.4 Å². The van der Waals surface area contributed by atoms with E-state index in [2.05, 4.69) is 17.6 Å². The monoisotopic (exact) mass is 525 g/mol. The van der Waals surface area contributed by atoms with Gasteiger partial charge in [0.05, 0.1) is 0 Å². The summed E-state index contributed by atoms with van der Waals surface area (Å²) in [6.07, 6.45) is 1.99. The first kappa shape index (κ1) is 30.7. The van der Waals surface area contributed by atoms with Crippen LogP contribution in [0.2, 0.25) is 0 Å². The van der Waals surface area contributed by atoms with Crippen molar-refractivity contribution in [3.63, 3.8) is 0 Å². The third-order valence-electron chi connectivity index (χ3n) is 5.76. The van der Waals surface area contributed by atoms with E-state index in [1.807, 2.05) is 44.2 Å². The smallest absolute Gasteiger partial charge is 0.408 e. The van der Waals surface area contributed by atoms with Crippen LogP contribution in [0.15, 0.2) is 54.6 Å². The Hall–Kier alpha value is -3.55. The molecule has 0 radical (unpaired) electrons. The van der Waals surface area contributed by atoms with Gasteiger partial charge in [-0.25, -0.2) is 4.79 Å². The van der Waals surface area contributed by atoms with Gasteiger partial charge >= 0.3 is 6.09 Å². The summed E-state index contributed by atoms with van der Waals surface area (Å²) in [5, 5.41) is 15.4. The van der Waals surface area contributed by atoms with Crippen LogP contribution in [0.5, 0.6) is 5.75 Å². The van der Waals surface area contributed by atoms with Gasteiger partial charge in [-0.15, -0.1) is 0 Å². The summed E-state index contributed by atoms with van der Waals surface area (Å²) in [5.74, 6) is -0.558. The molecule has 0 heterocycles. The maximum atomic E-state index is 14.2. The molecule has 0 saturated heterocycles. The van der Waals surface area contributed by atoms with Crippen LogP contribution in [0.1, 0.15) is 78.0 Å². The number of carbonyl (C=O) groups is 3. The average Bonchev–Trinajstić information content (AvgIpc) is 2.83. The number of nitrogens with one attached hydrogen (secondary N) is 2. The Morgan fingerprint density at radius 2 is 1.58 bits per heavy atom. The molecule has 0 aliphatic carbocycles. The number of ether oxygens (including phenoxy) is 1. The Bertz CT molecular complexity index is 1030. The molecule has 0 aliphatic heterocycles. The Labute approximate surface area is 226 Å². The first-order chi connectivity index (χ1) is 17.9. The van der Waals surface area contributed by atoms with E-state index in [0.29, 0.717) is 18.5 Å². The minimum Gasteiger partial charge on any atom is -0.508 e. The van der Waals surface area contributed by atoms with Crippen molar-refractivity contribution >= 4 is 17.9 Å². The van der Waals surface area contributed by atoms with Crippen LogP contribution in [0.25, 0.3) is 0 Å². The molecule has 8 nitrogen and oxygen atoms in total. The number of aromatic hydroxyl groups is 1. The quantitative estimate of drug-likeness (QED) is 0.334. The van der Waals surface area contributed by atoms with Crippen LogP contribution in [-0.4, -0.2) is 52.1 Å². The molecule has 2 atom stereocenters. The molecule has 208 valence electrons. The molecule has 3 N–H and O–H groups in total. The summed E-state index contributed by atoms with van der Waals surface area (Å²) < 4.78 is 5.46. The lowest BCUT2D eigenvalue weighted by Gasteiger charge is -2.35. The van der Waals surface area contributed by atoms with Crippen molar-refractivity contribution < 1.29 is 24.2 Å². The highest BCUT2D eigenvalue weighted by Gasteiger charge is 2.36. The summed E-state index contributed by atoms with van der Waals surface area (Å²) >= 11 is 0. The fourth-order valence-electron chi connectivity index (χ4n) is 4.09. The molecule has 3 amide bonds. The molecule has 0 aromatic heterocycles. The number of unbranched alkanes of at least 4 members (excludes halogenated alkanes) is 2. The molecule has 8 heteroatoms. The van der Waals surface area contributed by atoms with Crippen LogP contribution < -0.4 is 10.6 Å². The van der Waals surface area contributed by atoms with E-state index in [1.54, 1.807) is 37.8 Å². The third kappa shape index (κ3) is 10.1. The van der Waals surface area contributed by atoms with Crippen LogP contribution >= 0.6 is 0 Å². The fourth-order valence-corrected chi connectivity index (χ4v) is 4.09. The molecule has 2 aromatic carbocycles. The molecule has 0 bridgehead atoms. The van der Waals surface area contributed by atoms with E-state index in [-0.39, 0.29) is 30.0 Å². The predicted molar refractivity (Wildman–Crippen MR) is 149 cm³/mol. The Morgan fingerprint density at radius 1 is 0.947 bits per heavy atom. The van der Waals surface area contributed by atoms with E-state index in [9.17, 15) is 19.5 Å². The highest BCUT2D eigenvalue weighted by atomic mass is 16.6. The third-order valence-corrected chi connectivity index (χ3v) is 5.76. The van der Waals surface area contributed by atoms with E-state index >= 15 is 0 Å². The molecular weight excluding hydrogens is 482 g/mol. The minimum atomic E-state index is -0.992. The number of benzene rings is 2. The number of nitrogens with zero attached hydrogens (tertiary/aromatic N) is 1. The van der Waals surface area contributed by atoms with Crippen molar-refractivity contribution in [3.05, 3.63) is 65.7 Å². The van der Waals surface area contributed by atoms with Crippen molar-refractivity contribution in [2.24, 2.45) is 0 Å². The van der Waals surface area contributed by atoms with Crippen molar-refractivity contribution in [1.29, 1.82) is 0 Å². The first-order valence-corrected chi connectivity index (χ1v) is 13.3. The zero-order chi connectivity index (χ0) is 28.3. The van der Waals surface area contributed by atoms with Crippen LogP contribution in [-0.2, 0) is 20.7 Å². The topological polar surface area (TPSA) is 108 Å². The number of phenols is 1. The van der Waals surface area contributed by atoms with Crippen LogP contribution in [0.3, 0.4) is 0 Å². The zero-order valence-corrected chi connectivity index (χ0v) is 23.5. The summed E-state index contributed by atoms with van der Waals surface area (Å²) in [4.78, 5) is 42.1. The second-order valence-corrected chi connectivity index (χ2v) is 10.8. The second-order valence-electron chi connectivity index (χ2n) is 10.8. The van der Waals surface area contributed by atoms with Crippen LogP contribution in [0, 0.1) is 0 Å². The standard InChI is InChI=1S/C30H43N3O5/c1-7-8-12-19-33(26(27(35)31-21(2)3)23-13-10-9-11-14-23)28(36)25(32-29(37)38-30(4,5)6)20-22-15-17-24(34)18-16-22/h9-11,13-18,21,25-26,34H,7-8,12,19-20H2,1-6H3,(H,31,35)(H,32,37). The lowest BCUT2D eigenvalue weighted by atomic mass is 9.99. The number of alkyl carbamates (subject to hydrolysis) is 1. The van der Waals surface area contributed by atoms with Crippen molar-refractivity contribution in [1.82, 2.24) is 15.5 Å². The van der Waals surface area contributed by atoms with E-state index in [1.165, 1.54) is 12.1 Å². The predicted octanol–water partition coefficient (Wildman–Crippen LogP) is 5.11. The SMILES string of the molecule is CCCCCN(C(=O)C(Cc1ccc(O)cc1)NC(=O)OC(C)(C)C)C(C(=O)NC(C)C)c1ccccc1. The molecule has 0 saturated carbocycles. The van der Waals surface area contributed by atoms with Gasteiger partial charge in [-0.1, -0.05) is 62.2 Å². The number of hydrogen-bond acceptors (Lipinski definition) is 5. The number of amides is 3. The van der Waals surface area contributed by atoms with Gasteiger partial charge < -0.3 is 25.4 Å². The summed E-state index contributed by atoms with van der Waals surface area (Å²) in [6.45, 7) is 11.4. The number of hydrogen-bond donors (Lipinski definition) is 3. The average molecular weight is 526 g/mol. The Kier molecular flexibility index (Phi) is 11.6. The molecule has 0 spiro atoms. The molecule has 2 unspecified atom stereocenters. The number of rotatable bonds is 12. The van der Waals surface area contributed by atoms with E-state index in [0.717, 1.165) is 18.4 Å². The number of phenolic OH excluding ortho intramolecular Hbond substituents is 1. The zero-order valence-electron chi connectivity index (χ0n) is 23.5. The molecule has 2 rings (SSSR count). The molecular formula is C30H43N3O5. The van der Waals surface area contributed by atoms with E-state index < -0.39 is 23.8 Å². The van der Waals surface area contributed by atoms with Gasteiger partial charge in [-0.3, -0.25) is 9.59 Å².